The lowest BCUT2D eigenvalue weighted by Gasteiger charge is -2.18. The largest absolute Gasteiger partial charge is 0.495 e. The van der Waals surface area contributed by atoms with Crippen LogP contribution >= 0.6 is 0 Å². The number of carbonyl (C=O) groups is 3. The summed E-state index contributed by atoms with van der Waals surface area (Å²) in [7, 11) is -2.48. The van der Waals surface area contributed by atoms with Gasteiger partial charge in [0.2, 0.25) is 10.0 Å². The Kier molecular flexibility index (Phi) is 7.50. The smallest absolute Gasteiger partial charge is 0.338 e. The van der Waals surface area contributed by atoms with Crippen LogP contribution in [0.15, 0.2) is 23.1 Å². The van der Waals surface area contributed by atoms with Gasteiger partial charge in [-0.1, -0.05) is 12.8 Å². The third-order valence-corrected chi connectivity index (χ3v) is 7.28. The number of nitrogens with one attached hydrogen (secondary N) is 2. The van der Waals surface area contributed by atoms with E-state index in [-0.39, 0.29) is 22.3 Å². The summed E-state index contributed by atoms with van der Waals surface area (Å²) in [4.78, 5) is 35.9. The van der Waals surface area contributed by atoms with Crippen molar-refractivity contribution in [3.8, 4) is 5.75 Å². The van der Waals surface area contributed by atoms with Gasteiger partial charge >= 0.3 is 12.0 Å². The highest BCUT2D eigenvalue weighted by atomic mass is 32.2. The zero-order valence-corrected chi connectivity index (χ0v) is 18.2. The molecule has 3 rings (SSSR count). The zero-order valence-electron chi connectivity index (χ0n) is 17.4. The number of amides is 3. The highest BCUT2D eigenvalue weighted by Crippen LogP contribution is 2.30. The summed E-state index contributed by atoms with van der Waals surface area (Å²) in [6.45, 7) is 0.143. The predicted molar refractivity (Wildman–Crippen MR) is 110 cm³/mol. The van der Waals surface area contributed by atoms with Crippen molar-refractivity contribution in [1.29, 1.82) is 0 Å². The number of imide groups is 1. The number of rotatable bonds is 7. The van der Waals surface area contributed by atoms with Crippen LogP contribution in [0.3, 0.4) is 0 Å². The number of hydrogen-bond acceptors (Lipinski definition) is 7. The number of hydrogen-bond donors (Lipinski definition) is 2. The molecule has 1 aliphatic carbocycles. The first-order valence-electron chi connectivity index (χ1n) is 10.3. The summed E-state index contributed by atoms with van der Waals surface area (Å²) in [5, 5.41) is 4.81. The topological polar surface area (TPSA) is 131 Å². The molecule has 0 spiro atoms. The highest BCUT2D eigenvalue weighted by Gasteiger charge is 2.31. The number of ether oxygens (including phenoxy) is 2. The van der Waals surface area contributed by atoms with Gasteiger partial charge in [-0.15, -0.1) is 0 Å². The Balaban J connectivity index is 1.61. The lowest BCUT2D eigenvalue weighted by atomic mass is 10.2. The molecule has 2 fully saturated rings. The second kappa shape index (κ2) is 10.1. The predicted octanol–water partition coefficient (Wildman–Crippen LogP) is 1.40. The number of benzene rings is 1. The van der Waals surface area contributed by atoms with Crippen LogP contribution in [0.2, 0.25) is 0 Å². The maximum absolute atomic E-state index is 12.9. The molecule has 0 atom stereocenters. The fourth-order valence-electron chi connectivity index (χ4n) is 3.74. The first-order chi connectivity index (χ1) is 14.8. The van der Waals surface area contributed by atoms with Gasteiger partial charge in [-0.2, -0.15) is 4.31 Å². The van der Waals surface area contributed by atoms with Crippen LogP contribution in [0, 0.1) is 0 Å². The van der Waals surface area contributed by atoms with Gasteiger partial charge in [0.1, 0.15) is 10.6 Å². The molecule has 0 radical (unpaired) electrons. The Morgan fingerprint density at radius 3 is 2.42 bits per heavy atom. The molecule has 1 aromatic carbocycles. The van der Waals surface area contributed by atoms with E-state index in [1.54, 1.807) is 0 Å². The average molecular weight is 454 g/mol. The van der Waals surface area contributed by atoms with E-state index in [9.17, 15) is 22.8 Å². The Morgan fingerprint density at radius 1 is 1.10 bits per heavy atom. The quantitative estimate of drug-likeness (QED) is 0.597. The molecule has 0 aromatic heterocycles. The van der Waals surface area contributed by atoms with E-state index in [0.29, 0.717) is 13.1 Å². The van der Waals surface area contributed by atoms with Gasteiger partial charge < -0.3 is 14.8 Å². The summed E-state index contributed by atoms with van der Waals surface area (Å²) in [6, 6.07) is 3.32. The third kappa shape index (κ3) is 5.73. The summed E-state index contributed by atoms with van der Waals surface area (Å²) < 4.78 is 37.3. The average Bonchev–Trinajstić information content (AvgIpc) is 3.46. The van der Waals surface area contributed by atoms with E-state index in [4.69, 9.17) is 9.47 Å². The second-order valence-electron chi connectivity index (χ2n) is 7.56. The van der Waals surface area contributed by atoms with Gasteiger partial charge in [0, 0.05) is 19.1 Å². The molecule has 3 amide bonds. The number of nitrogens with zero attached hydrogens (tertiary/aromatic N) is 1. The van der Waals surface area contributed by atoms with Gasteiger partial charge in [0.15, 0.2) is 6.61 Å². The van der Waals surface area contributed by atoms with Crippen molar-refractivity contribution in [2.45, 2.75) is 49.5 Å². The standard InChI is InChI=1S/C20H27N3O7S/c1-29-16-9-8-14(12-17(16)31(27,28)23-10-4-5-11-23)19(25)30-13-18(24)22-20(26)21-15-6-2-3-7-15/h8-9,12,15H,2-7,10-11,13H2,1H3,(H2,21,22,24,26). The molecule has 0 bridgehead atoms. The molecule has 2 aliphatic rings. The van der Waals surface area contributed by atoms with E-state index in [2.05, 4.69) is 10.6 Å². The number of sulfonamides is 1. The van der Waals surface area contributed by atoms with Gasteiger partial charge in [0.05, 0.1) is 12.7 Å². The van der Waals surface area contributed by atoms with E-state index < -0.39 is 34.5 Å². The Labute approximate surface area is 181 Å². The third-order valence-electron chi connectivity index (χ3n) is 5.36. The normalized spacial score (nSPS) is 17.3. The van der Waals surface area contributed by atoms with Crippen molar-refractivity contribution >= 4 is 27.9 Å². The van der Waals surface area contributed by atoms with E-state index in [1.165, 1.54) is 29.6 Å². The second-order valence-corrected chi connectivity index (χ2v) is 9.46. The van der Waals surface area contributed by atoms with Crippen LogP contribution in [0.1, 0.15) is 48.9 Å². The highest BCUT2D eigenvalue weighted by molar-refractivity contribution is 7.89. The van der Waals surface area contributed by atoms with Crippen molar-refractivity contribution in [2.75, 3.05) is 26.8 Å². The van der Waals surface area contributed by atoms with E-state index in [1.807, 2.05) is 0 Å². The Morgan fingerprint density at radius 2 is 1.77 bits per heavy atom. The molecule has 170 valence electrons. The van der Waals surface area contributed by atoms with Crippen molar-refractivity contribution in [3.63, 3.8) is 0 Å². The van der Waals surface area contributed by atoms with Crippen LogP contribution in [-0.2, 0) is 19.6 Å². The lowest BCUT2D eigenvalue weighted by Crippen LogP contribution is -2.45. The Hall–Kier alpha value is -2.66. The SMILES string of the molecule is COc1ccc(C(=O)OCC(=O)NC(=O)NC2CCCC2)cc1S(=O)(=O)N1CCCC1. The number of methoxy groups -OCH3 is 1. The van der Waals surface area contributed by atoms with E-state index >= 15 is 0 Å². The summed E-state index contributed by atoms with van der Waals surface area (Å²) in [5.74, 6) is -1.54. The molecule has 11 heteroatoms. The summed E-state index contributed by atoms with van der Waals surface area (Å²) >= 11 is 0. The van der Waals surface area contributed by atoms with Crippen LogP contribution in [0.25, 0.3) is 0 Å². The molecular formula is C20H27N3O7S. The van der Waals surface area contributed by atoms with Gasteiger partial charge in [-0.3, -0.25) is 10.1 Å². The van der Waals surface area contributed by atoms with Crippen LogP contribution in [-0.4, -0.2) is 63.5 Å². The van der Waals surface area contributed by atoms with Crippen molar-refractivity contribution < 1.29 is 32.3 Å². The van der Waals surface area contributed by atoms with E-state index in [0.717, 1.165) is 38.5 Å². The first kappa shape index (κ1) is 23.0. The molecular weight excluding hydrogens is 426 g/mol. The number of urea groups is 1. The molecule has 1 aliphatic heterocycles. The molecule has 2 N–H and O–H groups in total. The van der Waals surface area contributed by atoms with Crippen molar-refractivity contribution in [3.05, 3.63) is 23.8 Å². The number of esters is 1. The minimum absolute atomic E-state index is 0.0400. The fourth-order valence-corrected chi connectivity index (χ4v) is 5.44. The van der Waals surface area contributed by atoms with Crippen LogP contribution in [0.5, 0.6) is 5.75 Å². The summed E-state index contributed by atoms with van der Waals surface area (Å²) in [6.07, 6.45) is 5.36. The molecule has 31 heavy (non-hydrogen) atoms. The van der Waals surface area contributed by atoms with Crippen molar-refractivity contribution in [2.24, 2.45) is 0 Å². The molecule has 1 aromatic rings. The zero-order chi connectivity index (χ0) is 22.4. The Bertz CT molecular complexity index is 936. The minimum Gasteiger partial charge on any atom is -0.495 e. The molecule has 0 unspecified atom stereocenters. The fraction of sp³-hybridized carbons (Fsp3) is 0.550. The van der Waals surface area contributed by atoms with Crippen molar-refractivity contribution in [1.82, 2.24) is 14.9 Å². The molecule has 10 nitrogen and oxygen atoms in total. The minimum atomic E-state index is -3.83. The van der Waals surface area contributed by atoms with Crippen LogP contribution in [0.4, 0.5) is 4.79 Å². The van der Waals surface area contributed by atoms with Gasteiger partial charge in [-0.25, -0.2) is 18.0 Å². The monoisotopic (exact) mass is 453 g/mol. The maximum atomic E-state index is 12.9. The first-order valence-corrected chi connectivity index (χ1v) is 11.7. The van der Waals surface area contributed by atoms with Gasteiger partial charge in [-0.05, 0) is 43.9 Å². The molecule has 1 saturated carbocycles. The lowest BCUT2D eigenvalue weighted by molar-refractivity contribution is -0.123. The molecule has 1 saturated heterocycles. The number of carbonyl (C=O) groups excluding carboxylic acids is 3. The molecule has 1 heterocycles. The van der Waals surface area contributed by atoms with Crippen LogP contribution < -0.4 is 15.4 Å². The maximum Gasteiger partial charge on any atom is 0.338 e. The summed E-state index contributed by atoms with van der Waals surface area (Å²) in [5.41, 5.74) is -0.0400. The van der Waals surface area contributed by atoms with Gasteiger partial charge in [0.25, 0.3) is 5.91 Å².